The Balaban J connectivity index is 1.67. The van der Waals surface area contributed by atoms with Gasteiger partial charge in [-0.15, -0.1) is 15.0 Å². The van der Waals surface area contributed by atoms with Crippen LogP contribution in [0.4, 0.5) is 0 Å². The molecular weight excluding hydrogens is 326 g/mol. The Morgan fingerprint density at radius 3 is 2.38 bits per heavy atom. The zero-order valence-electron chi connectivity index (χ0n) is 15.6. The molecule has 3 aromatic rings. The van der Waals surface area contributed by atoms with Gasteiger partial charge in [-0.1, -0.05) is 51.7 Å². The van der Waals surface area contributed by atoms with E-state index >= 15 is 0 Å². The summed E-state index contributed by atoms with van der Waals surface area (Å²) in [5.41, 5.74) is 2.14. The number of phenolic OH excluding ortho intramolecular Hbond substituents is 1. The average Bonchev–Trinajstić information content (AvgIpc) is 3.08. The molecule has 0 saturated heterocycles. The van der Waals surface area contributed by atoms with Gasteiger partial charge in [0.25, 0.3) is 0 Å². The second-order valence-electron chi connectivity index (χ2n) is 6.71. The number of aromatic nitrogens is 3. The van der Waals surface area contributed by atoms with E-state index in [4.69, 9.17) is 4.74 Å². The zero-order valence-corrected chi connectivity index (χ0v) is 15.6. The Morgan fingerprint density at radius 1 is 1.04 bits per heavy atom. The van der Waals surface area contributed by atoms with Crippen molar-refractivity contribution in [2.75, 3.05) is 6.61 Å². The zero-order chi connectivity index (χ0) is 18.4. The van der Waals surface area contributed by atoms with E-state index in [9.17, 15) is 5.11 Å². The van der Waals surface area contributed by atoms with E-state index in [1.807, 2.05) is 30.3 Å². The molecule has 0 aliphatic rings. The first-order chi connectivity index (χ1) is 12.7. The quantitative estimate of drug-likeness (QED) is 0.543. The van der Waals surface area contributed by atoms with Gasteiger partial charge in [0.05, 0.1) is 6.61 Å². The lowest BCUT2D eigenvalue weighted by Gasteiger charge is -2.16. The highest BCUT2D eigenvalue weighted by Gasteiger charge is 2.11. The van der Waals surface area contributed by atoms with Gasteiger partial charge in [0.2, 0.25) is 0 Å². The topological polar surface area (TPSA) is 60.2 Å². The van der Waals surface area contributed by atoms with Gasteiger partial charge in [0, 0.05) is 6.07 Å². The van der Waals surface area contributed by atoms with Gasteiger partial charge in [-0.3, -0.25) is 0 Å². The number of nitrogens with zero attached hydrogens (tertiary/aromatic N) is 3. The van der Waals surface area contributed by atoms with Gasteiger partial charge in [-0.25, -0.2) is 0 Å². The number of aromatic hydroxyl groups is 1. The summed E-state index contributed by atoms with van der Waals surface area (Å²) in [6, 6.07) is 12.9. The number of hydrogen-bond acceptors (Lipinski definition) is 4. The van der Waals surface area contributed by atoms with Crippen LogP contribution in [0.1, 0.15) is 46.0 Å². The summed E-state index contributed by atoms with van der Waals surface area (Å²) in [5, 5.41) is 19.2. The molecule has 5 nitrogen and oxygen atoms in total. The van der Waals surface area contributed by atoms with E-state index in [1.54, 1.807) is 12.1 Å². The van der Waals surface area contributed by atoms with Gasteiger partial charge in [-0.05, 0) is 36.6 Å². The van der Waals surface area contributed by atoms with Crippen molar-refractivity contribution in [1.29, 1.82) is 0 Å². The lowest BCUT2D eigenvalue weighted by molar-refractivity contribution is 0.232. The number of ether oxygens (including phenoxy) is 1. The summed E-state index contributed by atoms with van der Waals surface area (Å²) in [4.78, 5) is 1.46. The van der Waals surface area contributed by atoms with Gasteiger partial charge in [-0.2, -0.15) is 0 Å². The molecule has 5 heteroatoms. The molecule has 0 aliphatic carbocycles. The van der Waals surface area contributed by atoms with Gasteiger partial charge in [0.15, 0.2) is 0 Å². The fourth-order valence-corrected chi connectivity index (χ4v) is 3.03. The van der Waals surface area contributed by atoms with Crippen LogP contribution in [0.3, 0.4) is 0 Å². The highest BCUT2D eigenvalue weighted by molar-refractivity contribution is 5.73. The van der Waals surface area contributed by atoms with E-state index in [0.29, 0.717) is 24.0 Å². The van der Waals surface area contributed by atoms with E-state index in [2.05, 4.69) is 24.0 Å². The minimum Gasteiger partial charge on any atom is -0.505 e. The van der Waals surface area contributed by atoms with Gasteiger partial charge in [0.1, 0.15) is 28.2 Å². The second-order valence-corrected chi connectivity index (χ2v) is 6.71. The third-order valence-electron chi connectivity index (χ3n) is 4.73. The standard InChI is InChI=1S/C21H27N3O2/c1-3-5-6-9-16(4-2)15-26-17-12-13-20(21(25)14-17)24-22-18-10-7-8-11-19(18)23-24/h7-8,10-14,16,25H,3-6,9,15H2,1-2H3. The van der Waals surface area contributed by atoms with Crippen LogP contribution in [-0.4, -0.2) is 26.7 Å². The lowest BCUT2D eigenvalue weighted by atomic mass is 10.00. The first-order valence-electron chi connectivity index (χ1n) is 9.49. The SMILES string of the molecule is CCCCCC(CC)COc1ccc(-n2nc3ccccc3n2)c(O)c1. The van der Waals surface area contributed by atoms with Crippen molar-refractivity contribution in [3.8, 4) is 17.2 Å². The molecule has 0 aliphatic heterocycles. The number of benzene rings is 2. The molecule has 0 fully saturated rings. The molecule has 1 N–H and O–H groups in total. The van der Waals surface area contributed by atoms with Crippen molar-refractivity contribution in [3.63, 3.8) is 0 Å². The number of phenols is 1. The number of fused-ring (bicyclic) bond motifs is 1. The summed E-state index contributed by atoms with van der Waals surface area (Å²) >= 11 is 0. The van der Waals surface area contributed by atoms with E-state index in [-0.39, 0.29) is 5.75 Å². The van der Waals surface area contributed by atoms with Gasteiger partial charge < -0.3 is 9.84 Å². The van der Waals surface area contributed by atoms with Crippen molar-refractivity contribution in [1.82, 2.24) is 15.0 Å². The smallest absolute Gasteiger partial charge is 0.146 e. The Hall–Kier alpha value is -2.56. The van der Waals surface area contributed by atoms with Crippen LogP contribution in [-0.2, 0) is 0 Å². The Labute approximate surface area is 154 Å². The van der Waals surface area contributed by atoms with Crippen LogP contribution >= 0.6 is 0 Å². The van der Waals surface area contributed by atoms with E-state index in [0.717, 1.165) is 17.5 Å². The molecule has 1 aromatic heterocycles. The largest absolute Gasteiger partial charge is 0.505 e. The maximum absolute atomic E-state index is 10.4. The minimum atomic E-state index is 0.113. The fraction of sp³-hybridized carbons (Fsp3) is 0.429. The highest BCUT2D eigenvalue weighted by atomic mass is 16.5. The molecule has 0 bridgehead atoms. The Bertz CT molecular complexity index is 811. The van der Waals surface area contributed by atoms with Crippen LogP contribution in [0.5, 0.6) is 11.5 Å². The highest BCUT2D eigenvalue weighted by Crippen LogP contribution is 2.27. The van der Waals surface area contributed by atoms with Crippen LogP contribution < -0.4 is 4.74 Å². The van der Waals surface area contributed by atoms with Crippen molar-refractivity contribution in [2.24, 2.45) is 5.92 Å². The summed E-state index contributed by atoms with van der Waals surface area (Å²) in [5.74, 6) is 1.35. The average molecular weight is 353 g/mol. The molecule has 1 heterocycles. The minimum absolute atomic E-state index is 0.113. The van der Waals surface area contributed by atoms with Crippen molar-refractivity contribution >= 4 is 11.0 Å². The number of rotatable bonds is 9. The molecule has 0 saturated carbocycles. The Kier molecular flexibility index (Phi) is 6.10. The van der Waals surface area contributed by atoms with E-state index < -0.39 is 0 Å². The molecule has 138 valence electrons. The molecule has 1 unspecified atom stereocenters. The number of hydrogen-bond donors (Lipinski definition) is 1. The van der Waals surface area contributed by atoms with Crippen LogP contribution in [0.25, 0.3) is 16.7 Å². The van der Waals surface area contributed by atoms with Crippen LogP contribution in [0.15, 0.2) is 42.5 Å². The predicted octanol–water partition coefficient (Wildman–Crippen LogP) is 5.11. The first kappa shape index (κ1) is 18.2. The summed E-state index contributed by atoms with van der Waals surface area (Å²) in [7, 11) is 0. The maximum atomic E-state index is 10.4. The molecule has 0 radical (unpaired) electrons. The molecule has 26 heavy (non-hydrogen) atoms. The normalized spacial score (nSPS) is 12.4. The predicted molar refractivity (Wildman–Crippen MR) is 104 cm³/mol. The first-order valence-corrected chi connectivity index (χ1v) is 9.49. The Morgan fingerprint density at radius 2 is 1.77 bits per heavy atom. The molecule has 1 atom stereocenters. The third kappa shape index (κ3) is 4.34. The van der Waals surface area contributed by atoms with Crippen molar-refractivity contribution in [3.05, 3.63) is 42.5 Å². The lowest BCUT2D eigenvalue weighted by Crippen LogP contribution is -2.11. The van der Waals surface area contributed by atoms with Crippen molar-refractivity contribution < 1.29 is 9.84 Å². The molecule has 0 amide bonds. The van der Waals surface area contributed by atoms with Crippen LogP contribution in [0.2, 0.25) is 0 Å². The maximum Gasteiger partial charge on any atom is 0.146 e. The summed E-state index contributed by atoms with van der Waals surface area (Å²) < 4.78 is 5.91. The van der Waals surface area contributed by atoms with Crippen LogP contribution in [0, 0.1) is 5.92 Å². The van der Waals surface area contributed by atoms with Crippen molar-refractivity contribution in [2.45, 2.75) is 46.0 Å². The summed E-state index contributed by atoms with van der Waals surface area (Å²) in [6.07, 6.45) is 6.07. The molecule has 3 rings (SSSR count). The van der Waals surface area contributed by atoms with E-state index in [1.165, 1.54) is 30.5 Å². The second kappa shape index (κ2) is 8.70. The number of unbranched alkanes of at least 4 members (excludes halogenated alkanes) is 2. The summed E-state index contributed by atoms with van der Waals surface area (Å²) in [6.45, 7) is 5.11. The third-order valence-corrected chi connectivity index (χ3v) is 4.73. The van der Waals surface area contributed by atoms with Gasteiger partial charge >= 0.3 is 0 Å². The monoisotopic (exact) mass is 353 g/mol. The molecule has 0 spiro atoms. The fourth-order valence-electron chi connectivity index (χ4n) is 3.03. The molecular formula is C21H27N3O2. The molecule has 2 aromatic carbocycles.